The first-order chi connectivity index (χ1) is 8.69. The predicted octanol–water partition coefficient (Wildman–Crippen LogP) is 2.43. The summed E-state index contributed by atoms with van der Waals surface area (Å²) in [7, 11) is 1.63. The Morgan fingerprint density at radius 1 is 1.50 bits per heavy atom. The Balaban J connectivity index is 2.22. The number of hydrogen-bond donors (Lipinski definition) is 1. The molecule has 2 atom stereocenters. The normalized spacial score (nSPS) is 21.9. The van der Waals surface area contributed by atoms with Crippen molar-refractivity contribution in [3.05, 3.63) is 24.3 Å². The fourth-order valence-corrected chi connectivity index (χ4v) is 2.24. The molecule has 2 rings (SSSR count). The van der Waals surface area contributed by atoms with Gasteiger partial charge in [0, 0.05) is 12.5 Å². The quantitative estimate of drug-likeness (QED) is 0.886. The van der Waals surface area contributed by atoms with Crippen molar-refractivity contribution in [3.63, 3.8) is 0 Å². The minimum Gasteiger partial charge on any atom is -0.495 e. The molecular weight excluding hydrogens is 228 g/mol. The molecule has 0 amide bonds. The Labute approximate surface area is 108 Å². The average Bonchev–Trinajstić information content (AvgIpc) is 2.94. The smallest absolute Gasteiger partial charge is 0.141 e. The molecule has 1 aliphatic heterocycles. The first-order valence-electron chi connectivity index (χ1n) is 6.10. The van der Waals surface area contributed by atoms with E-state index in [0.29, 0.717) is 6.61 Å². The van der Waals surface area contributed by atoms with Crippen molar-refractivity contribution >= 4 is 5.69 Å². The lowest BCUT2D eigenvalue weighted by molar-refractivity contribution is 0.178. The number of hydrogen-bond acceptors (Lipinski definition) is 4. The van der Waals surface area contributed by atoms with Crippen molar-refractivity contribution < 1.29 is 9.47 Å². The predicted molar refractivity (Wildman–Crippen MR) is 69.6 cm³/mol. The summed E-state index contributed by atoms with van der Waals surface area (Å²) < 4.78 is 10.7. The van der Waals surface area contributed by atoms with Crippen LogP contribution in [0.25, 0.3) is 0 Å². The molecule has 0 radical (unpaired) electrons. The van der Waals surface area contributed by atoms with Crippen LogP contribution in [0.5, 0.6) is 5.75 Å². The van der Waals surface area contributed by atoms with Crippen LogP contribution < -0.4 is 10.1 Å². The van der Waals surface area contributed by atoms with Crippen LogP contribution in [0.15, 0.2) is 24.3 Å². The van der Waals surface area contributed by atoms with Crippen LogP contribution in [0.2, 0.25) is 0 Å². The van der Waals surface area contributed by atoms with Gasteiger partial charge in [0.25, 0.3) is 0 Å². The van der Waals surface area contributed by atoms with Crippen molar-refractivity contribution in [1.82, 2.24) is 0 Å². The van der Waals surface area contributed by atoms with Crippen LogP contribution in [0.1, 0.15) is 13.3 Å². The molecule has 96 valence electrons. The lowest BCUT2D eigenvalue weighted by Gasteiger charge is -2.30. The lowest BCUT2D eigenvalue weighted by Crippen LogP contribution is -2.41. The molecule has 1 aliphatic rings. The van der Waals surface area contributed by atoms with Crippen LogP contribution in [0, 0.1) is 17.2 Å². The summed E-state index contributed by atoms with van der Waals surface area (Å²) in [6.45, 7) is 3.28. The number of anilines is 1. The first kappa shape index (κ1) is 12.7. The Kier molecular flexibility index (Phi) is 3.73. The van der Waals surface area contributed by atoms with Crippen molar-refractivity contribution in [2.75, 3.05) is 25.6 Å². The summed E-state index contributed by atoms with van der Waals surface area (Å²) >= 11 is 0. The second-order valence-electron chi connectivity index (χ2n) is 4.70. The highest BCUT2D eigenvalue weighted by atomic mass is 16.5. The molecule has 0 bridgehead atoms. The van der Waals surface area contributed by atoms with E-state index in [1.807, 2.05) is 31.2 Å². The number of nitriles is 1. The molecule has 0 aliphatic carbocycles. The van der Waals surface area contributed by atoms with Crippen molar-refractivity contribution in [3.8, 4) is 11.8 Å². The lowest BCUT2D eigenvalue weighted by atomic mass is 9.86. The number of benzene rings is 1. The van der Waals surface area contributed by atoms with E-state index in [4.69, 9.17) is 9.47 Å². The zero-order valence-electron chi connectivity index (χ0n) is 10.8. The van der Waals surface area contributed by atoms with Gasteiger partial charge in [-0.25, -0.2) is 0 Å². The maximum absolute atomic E-state index is 9.46. The van der Waals surface area contributed by atoms with E-state index in [0.717, 1.165) is 24.5 Å². The zero-order valence-corrected chi connectivity index (χ0v) is 10.8. The Hall–Kier alpha value is -1.73. The third-order valence-corrected chi connectivity index (χ3v) is 3.48. The van der Waals surface area contributed by atoms with E-state index in [-0.39, 0.29) is 5.92 Å². The van der Waals surface area contributed by atoms with Crippen LogP contribution in [0.4, 0.5) is 5.69 Å². The minimum atomic E-state index is -0.634. The van der Waals surface area contributed by atoms with E-state index >= 15 is 0 Å². The van der Waals surface area contributed by atoms with E-state index in [2.05, 4.69) is 11.4 Å². The fraction of sp³-hybridized carbons (Fsp3) is 0.500. The van der Waals surface area contributed by atoms with Crippen LogP contribution >= 0.6 is 0 Å². The molecule has 0 spiro atoms. The molecule has 4 nitrogen and oxygen atoms in total. The van der Waals surface area contributed by atoms with E-state index in [9.17, 15) is 5.26 Å². The van der Waals surface area contributed by atoms with Gasteiger partial charge in [-0.2, -0.15) is 5.26 Å². The molecular formula is C14H18N2O2. The van der Waals surface area contributed by atoms with Crippen molar-refractivity contribution in [1.29, 1.82) is 5.26 Å². The maximum Gasteiger partial charge on any atom is 0.141 e. The highest BCUT2D eigenvalue weighted by Gasteiger charge is 2.37. The summed E-state index contributed by atoms with van der Waals surface area (Å²) in [5.41, 5.74) is 0.210. The number of rotatable bonds is 4. The van der Waals surface area contributed by atoms with Crippen LogP contribution in [-0.4, -0.2) is 25.9 Å². The third-order valence-electron chi connectivity index (χ3n) is 3.48. The Morgan fingerprint density at radius 2 is 2.28 bits per heavy atom. The Bertz CT molecular complexity index is 449. The third kappa shape index (κ3) is 2.41. The summed E-state index contributed by atoms with van der Waals surface area (Å²) in [4.78, 5) is 0. The number of para-hydroxylation sites is 2. The summed E-state index contributed by atoms with van der Waals surface area (Å²) in [5.74, 6) is 0.949. The van der Waals surface area contributed by atoms with E-state index in [1.165, 1.54) is 0 Å². The summed E-state index contributed by atoms with van der Waals surface area (Å²) in [6, 6.07) is 10.0. The van der Waals surface area contributed by atoms with Gasteiger partial charge >= 0.3 is 0 Å². The molecule has 1 N–H and O–H groups in total. The van der Waals surface area contributed by atoms with Gasteiger partial charge in [0.05, 0.1) is 25.5 Å². The Morgan fingerprint density at radius 3 is 2.89 bits per heavy atom. The highest BCUT2D eigenvalue weighted by Crippen LogP contribution is 2.32. The van der Waals surface area contributed by atoms with Crippen LogP contribution in [-0.2, 0) is 4.74 Å². The molecule has 1 heterocycles. The number of nitrogens with one attached hydrogen (secondary N) is 1. The number of ether oxygens (including phenoxy) is 2. The van der Waals surface area contributed by atoms with Gasteiger partial charge in [-0.15, -0.1) is 0 Å². The standard InChI is InChI=1S/C14H18N2O2/c1-14(10-15,11-7-8-18-9-11)16-12-5-3-4-6-13(12)17-2/h3-6,11,16H,7-9H2,1-2H3. The maximum atomic E-state index is 9.46. The molecule has 0 saturated carbocycles. The van der Waals surface area contributed by atoms with Crippen molar-refractivity contribution in [2.45, 2.75) is 18.9 Å². The molecule has 2 unspecified atom stereocenters. The molecule has 0 aromatic heterocycles. The van der Waals surface area contributed by atoms with Gasteiger partial charge < -0.3 is 14.8 Å². The van der Waals surface area contributed by atoms with Crippen LogP contribution in [0.3, 0.4) is 0 Å². The number of methoxy groups -OCH3 is 1. The molecule has 4 heteroatoms. The first-order valence-corrected chi connectivity index (χ1v) is 6.10. The van der Waals surface area contributed by atoms with Gasteiger partial charge in [-0.3, -0.25) is 0 Å². The van der Waals surface area contributed by atoms with E-state index < -0.39 is 5.54 Å². The SMILES string of the molecule is COc1ccccc1NC(C)(C#N)C1CCOC1. The van der Waals surface area contributed by atoms with Crippen molar-refractivity contribution in [2.24, 2.45) is 5.92 Å². The molecule has 1 aromatic carbocycles. The zero-order chi connectivity index (χ0) is 13.0. The average molecular weight is 246 g/mol. The van der Waals surface area contributed by atoms with Gasteiger partial charge in [0.15, 0.2) is 0 Å². The second-order valence-corrected chi connectivity index (χ2v) is 4.70. The fourth-order valence-electron chi connectivity index (χ4n) is 2.24. The highest BCUT2D eigenvalue weighted by molar-refractivity contribution is 5.58. The van der Waals surface area contributed by atoms with Gasteiger partial charge in [-0.1, -0.05) is 12.1 Å². The molecule has 1 fully saturated rings. The topological polar surface area (TPSA) is 54.3 Å². The largest absolute Gasteiger partial charge is 0.495 e. The minimum absolute atomic E-state index is 0.201. The molecule has 18 heavy (non-hydrogen) atoms. The van der Waals surface area contributed by atoms with E-state index in [1.54, 1.807) is 7.11 Å². The summed E-state index contributed by atoms with van der Waals surface area (Å²) in [6.07, 6.45) is 0.909. The molecule has 1 aromatic rings. The second kappa shape index (κ2) is 5.28. The monoisotopic (exact) mass is 246 g/mol. The summed E-state index contributed by atoms with van der Waals surface area (Å²) in [5, 5.41) is 12.8. The molecule has 1 saturated heterocycles. The number of nitrogens with zero attached hydrogens (tertiary/aromatic N) is 1. The van der Waals surface area contributed by atoms with Gasteiger partial charge in [0.1, 0.15) is 11.3 Å². The van der Waals surface area contributed by atoms with Gasteiger partial charge in [0.2, 0.25) is 0 Å². The van der Waals surface area contributed by atoms with Gasteiger partial charge in [-0.05, 0) is 25.5 Å².